The van der Waals surface area contributed by atoms with Crippen LogP contribution in [0.5, 0.6) is 0 Å². The van der Waals surface area contributed by atoms with Crippen LogP contribution in [0.1, 0.15) is 11.1 Å². The third-order valence-corrected chi connectivity index (χ3v) is 1.95. The lowest BCUT2D eigenvalue weighted by Gasteiger charge is -2.00. The first-order chi connectivity index (χ1) is 7.18. The Morgan fingerprint density at radius 1 is 1.27 bits per heavy atom. The van der Waals surface area contributed by atoms with E-state index in [9.17, 15) is 4.79 Å². The minimum atomic E-state index is -0.453. The average Bonchev–Trinajstić information content (AvgIpc) is 2.65. The van der Waals surface area contributed by atoms with E-state index in [2.05, 4.69) is 15.4 Å². The van der Waals surface area contributed by atoms with E-state index in [-0.39, 0.29) is 11.5 Å². The molecule has 0 bridgehead atoms. The van der Waals surface area contributed by atoms with Crippen LogP contribution < -0.4 is 5.73 Å². The van der Waals surface area contributed by atoms with Crippen molar-refractivity contribution in [1.29, 1.82) is 5.41 Å². The third-order valence-electron chi connectivity index (χ3n) is 1.95. The van der Waals surface area contributed by atoms with Crippen molar-refractivity contribution < 1.29 is 4.79 Å². The molecule has 0 unspecified atom stereocenters. The number of amides is 1. The maximum Gasteiger partial charge on any atom is 0.318 e. The van der Waals surface area contributed by atoms with Crippen LogP contribution in [-0.4, -0.2) is 17.5 Å². The van der Waals surface area contributed by atoms with E-state index in [4.69, 9.17) is 11.1 Å². The summed E-state index contributed by atoms with van der Waals surface area (Å²) in [5.74, 6) is -0.471. The SMILES string of the molecule is N=C(N)c1ccc(C2=NN=NC2=O)cc1. The van der Waals surface area contributed by atoms with Gasteiger partial charge in [0.05, 0.1) is 0 Å². The number of nitrogen functional groups attached to an aromatic ring is 1. The molecule has 0 spiro atoms. The van der Waals surface area contributed by atoms with Gasteiger partial charge in [-0.1, -0.05) is 29.4 Å². The van der Waals surface area contributed by atoms with Gasteiger partial charge >= 0.3 is 5.91 Å². The van der Waals surface area contributed by atoms with Gasteiger partial charge in [0.2, 0.25) is 0 Å². The Labute approximate surface area is 85.0 Å². The number of amidine groups is 1. The number of hydrogen-bond acceptors (Lipinski definition) is 4. The molecule has 3 N–H and O–H groups in total. The molecule has 1 aromatic carbocycles. The fourth-order valence-electron chi connectivity index (χ4n) is 1.19. The van der Waals surface area contributed by atoms with Crippen LogP contribution >= 0.6 is 0 Å². The van der Waals surface area contributed by atoms with Crippen LogP contribution in [0.4, 0.5) is 0 Å². The Balaban J connectivity index is 2.32. The van der Waals surface area contributed by atoms with Crippen LogP contribution in [0.15, 0.2) is 39.7 Å². The smallest absolute Gasteiger partial charge is 0.318 e. The van der Waals surface area contributed by atoms with E-state index in [1.165, 1.54) is 0 Å². The second-order valence-electron chi connectivity index (χ2n) is 2.93. The molecule has 1 aliphatic rings. The molecule has 0 saturated heterocycles. The first kappa shape index (κ1) is 9.20. The van der Waals surface area contributed by atoms with Gasteiger partial charge in [0.1, 0.15) is 5.84 Å². The van der Waals surface area contributed by atoms with E-state index in [0.717, 1.165) is 0 Å². The summed E-state index contributed by atoms with van der Waals surface area (Å²) in [5, 5.41) is 17.3. The molecular formula is C9H7N5O. The topological polar surface area (TPSA) is 104 Å². The second-order valence-corrected chi connectivity index (χ2v) is 2.93. The summed E-state index contributed by atoms with van der Waals surface area (Å²) in [6, 6.07) is 6.60. The Bertz CT molecular complexity index is 486. The molecule has 15 heavy (non-hydrogen) atoms. The van der Waals surface area contributed by atoms with Crippen LogP contribution in [0.2, 0.25) is 0 Å². The van der Waals surface area contributed by atoms with Crippen molar-refractivity contribution in [2.24, 2.45) is 21.2 Å². The first-order valence-electron chi connectivity index (χ1n) is 4.16. The Morgan fingerprint density at radius 2 is 1.93 bits per heavy atom. The number of nitrogens with one attached hydrogen (secondary N) is 1. The highest BCUT2D eigenvalue weighted by Crippen LogP contribution is 2.10. The van der Waals surface area contributed by atoms with E-state index >= 15 is 0 Å². The number of rotatable bonds is 2. The minimum Gasteiger partial charge on any atom is -0.384 e. The molecule has 6 nitrogen and oxygen atoms in total. The van der Waals surface area contributed by atoms with Gasteiger partial charge in [-0.05, 0) is 5.22 Å². The van der Waals surface area contributed by atoms with Gasteiger partial charge in [-0.15, -0.1) is 5.10 Å². The van der Waals surface area contributed by atoms with Crippen LogP contribution in [0.3, 0.4) is 0 Å². The zero-order valence-electron chi connectivity index (χ0n) is 7.64. The zero-order chi connectivity index (χ0) is 10.8. The molecule has 1 heterocycles. The van der Waals surface area contributed by atoms with Crippen molar-refractivity contribution in [2.75, 3.05) is 0 Å². The summed E-state index contributed by atoms with van der Waals surface area (Å²) in [6.07, 6.45) is 0. The number of carbonyl (C=O) groups excluding carboxylic acids is 1. The van der Waals surface area contributed by atoms with E-state index in [1.807, 2.05) is 0 Å². The molecular weight excluding hydrogens is 194 g/mol. The average molecular weight is 201 g/mol. The summed E-state index contributed by atoms with van der Waals surface area (Å²) in [5.41, 5.74) is 6.72. The predicted octanol–water partition coefficient (Wildman–Crippen LogP) is 0.667. The molecule has 0 aromatic heterocycles. The van der Waals surface area contributed by atoms with Crippen molar-refractivity contribution in [3.63, 3.8) is 0 Å². The molecule has 1 amide bonds. The Hall–Kier alpha value is -2.37. The molecule has 0 fully saturated rings. The lowest BCUT2D eigenvalue weighted by atomic mass is 10.1. The highest BCUT2D eigenvalue weighted by atomic mass is 16.2. The highest BCUT2D eigenvalue weighted by Gasteiger charge is 2.17. The molecule has 0 saturated carbocycles. The van der Waals surface area contributed by atoms with E-state index in [0.29, 0.717) is 11.1 Å². The summed E-state index contributed by atoms with van der Waals surface area (Å²) in [7, 11) is 0. The van der Waals surface area contributed by atoms with E-state index < -0.39 is 5.91 Å². The van der Waals surface area contributed by atoms with Crippen LogP contribution in [0, 0.1) is 5.41 Å². The summed E-state index contributed by atoms with van der Waals surface area (Å²) in [6.45, 7) is 0. The van der Waals surface area contributed by atoms with Gasteiger partial charge in [-0.3, -0.25) is 10.2 Å². The summed E-state index contributed by atoms with van der Waals surface area (Å²) < 4.78 is 0. The molecule has 1 aliphatic heterocycles. The molecule has 2 rings (SSSR count). The number of nitrogens with two attached hydrogens (primary N) is 1. The van der Waals surface area contributed by atoms with Crippen LogP contribution in [-0.2, 0) is 4.79 Å². The fourth-order valence-corrected chi connectivity index (χ4v) is 1.19. The second kappa shape index (κ2) is 3.41. The predicted molar refractivity (Wildman–Crippen MR) is 53.9 cm³/mol. The van der Waals surface area contributed by atoms with Crippen molar-refractivity contribution in [1.82, 2.24) is 0 Å². The number of carbonyl (C=O) groups is 1. The summed E-state index contributed by atoms with van der Waals surface area (Å²) in [4.78, 5) is 11.1. The minimum absolute atomic E-state index is 0.0180. The Kier molecular flexibility index (Phi) is 2.09. The molecule has 6 heteroatoms. The summed E-state index contributed by atoms with van der Waals surface area (Å²) >= 11 is 0. The number of benzene rings is 1. The van der Waals surface area contributed by atoms with Gasteiger partial charge in [0.25, 0.3) is 0 Å². The molecule has 1 aromatic rings. The van der Waals surface area contributed by atoms with Crippen molar-refractivity contribution in [3.8, 4) is 0 Å². The fraction of sp³-hybridized carbons (Fsp3) is 0. The van der Waals surface area contributed by atoms with Gasteiger partial charge in [0, 0.05) is 11.1 Å². The zero-order valence-corrected chi connectivity index (χ0v) is 7.64. The van der Waals surface area contributed by atoms with Crippen LogP contribution in [0.25, 0.3) is 0 Å². The molecule has 74 valence electrons. The maximum absolute atomic E-state index is 11.1. The largest absolute Gasteiger partial charge is 0.384 e. The van der Waals surface area contributed by atoms with Crippen molar-refractivity contribution in [2.45, 2.75) is 0 Å². The van der Waals surface area contributed by atoms with Crippen molar-refractivity contribution >= 4 is 17.5 Å². The lowest BCUT2D eigenvalue weighted by Crippen LogP contribution is -2.12. The highest BCUT2D eigenvalue weighted by molar-refractivity contribution is 6.46. The normalized spacial score (nSPS) is 14.1. The van der Waals surface area contributed by atoms with E-state index in [1.54, 1.807) is 24.3 Å². The number of hydrogen-bond donors (Lipinski definition) is 2. The molecule has 0 aliphatic carbocycles. The standard InChI is InChI=1S/C9H7N5O/c10-8(11)6-3-1-5(2-4-6)7-9(15)13-14-12-7/h1-4H,(H3,10,11). The maximum atomic E-state index is 11.1. The van der Waals surface area contributed by atoms with Gasteiger partial charge in [-0.2, -0.15) is 0 Å². The monoisotopic (exact) mass is 201 g/mol. The quantitative estimate of drug-likeness (QED) is 0.542. The van der Waals surface area contributed by atoms with Gasteiger partial charge in [0.15, 0.2) is 5.71 Å². The van der Waals surface area contributed by atoms with Gasteiger partial charge in [-0.25, -0.2) is 0 Å². The molecule has 0 radical (unpaired) electrons. The first-order valence-corrected chi connectivity index (χ1v) is 4.16. The van der Waals surface area contributed by atoms with Crippen molar-refractivity contribution in [3.05, 3.63) is 35.4 Å². The Morgan fingerprint density at radius 3 is 2.40 bits per heavy atom. The molecule has 0 atom stereocenters. The third kappa shape index (κ3) is 1.64. The number of nitrogens with zero attached hydrogens (tertiary/aromatic N) is 3. The van der Waals surface area contributed by atoms with Gasteiger partial charge < -0.3 is 5.73 Å². The lowest BCUT2D eigenvalue weighted by molar-refractivity contribution is -0.111.